The Bertz CT molecular complexity index is 2230. The van der Waals surface area contributed by atoms with Crippen molar-refractivity contribution in [3.63, 3.8) is 0 Å². The number of aromatic hydroxyl groups is 1. The van der Waals surface area contributed by atoms with E-state index in [0.29, 0.717) is 11.3 Å². The zero-order chi connectivity index (χ0) is 34.2. The van der Waals surface area contributed by atoms with Crippen LogP contribution < -0.4 is 13.8 Å². The summed E-state index contributed by atoms with van der Waals surface area (Å²) in [7, 11) is -1.49. The van der Waals surface area contributed by atoms with Crippen LogP contribution in [-0.2, 0) is 22.7 Å². The van der Waals surface area contributed by atoms with E-state index in [1.54, 1.807) is 24.3 Å². The summed E-state index contributed by atoms with van der Waals surface area (Å²) in [6.07, 6.45) is -2.31. The molecule has 0 radical (unpaired) electrons. The summed E-state index contributed by atoms with van der Waals surface area (Å²) in [6, 6.07) is 18.7. The van der Waals surface area contributed by atoms with Gasteiger partial charge < -0.3 is 19.1 Å². The number of methoxy groups -OCH3 is 2. The zero-order valence-corrected chi connectivity index (χ0v) is 26.0. The summed E-state index contributed by atoms with van der Waals surface area (Å²) in [5.74, 6) is -0.516. The van der Waals surface area contributed by atoms with Gasteiger partial charge in [-0.25, -0.2) is 17.1 Å². The fourth-order valence-corrected chi connectivity index (χ4v) is 6.64. The molecule has 9 nitrogen and oxygen atoms in total. The number of pyridine rings is 1. The number of sulfonamides is 1. The third kappa shape index (κ3) is 6.09. The molecule has 0 amide bonds. The van der Waals surface area contributed by atoms with Crippen LogP contribution in [-0.4, -0.2) is 37.9 Å². The van der Waals surface area contributed by atoms with Crippen molar-refractivity contribution in [2.75, 3.05) is 18.5 Å². The number of ether oxygens (including phenoxy) is 2. The maximum absolute atomic E-state index is 15.6. The van der Waals surface area contributed by atoms with Crippen molar-refractivity contribution >= 4 is 26.6 Å². The summed E-state index contributed by atoms with van der Waals surface area (Å²) in [5.41, 5.74) is -0.217. The molecular weight excluding hydrogens is 654 g/mol. The molecule has 2 heterocycles. The number of anilines is 1. The third-order valence-corrected chi connectivity index (χ3v) is 9.38. The molecule has 2 aromatic heterocycles. The molecule has 48 heavy (non-hydrogen) atoms. The zero-order valence-electron chi connectivity index (χ0n) is 25.2. The third-order valence-electron chi connectivity index (χ3n) is 7.64. The molecule has 14 heteroatoms. The Labute approximate surface area is 271 Å². The summed E-state index contributed by atoms with van der Waals surface area (Å²) in [5, 5.41) is 15.0. The van der Waals surface area contributed by atoms with Crippen molar-refractivity contribution in [1.29, 1.82) is 0 Å². The van der Waals surface area contributed by atoms with E-state index in [4.69, 9.17) is 14.0 Å². The highest BCUT2D eigenvalue weighted by Gasteiger charge is 2.31. The lowest BCUT2D eigenvalue weighted by Gasteiger charge is -2.22. The predicted octanol–water partition coefficient (Wildman–Crippen LogP) is 7.83. The lowest BCUT2D eigenvalue weighted by atomic mass is 9.97. The molecule has 0 bridgehead atoms. The van der Waals surface area contributed by atoms with Gasteiger partial charge in [-0.1, -0.05) is 35.5 Å². The first-order valence-corrected chi connectivity index (χ1v) is 15.6. The van der Waals surface area contributed by atoms with Crippen LogP contribution in [0, 0.1) is 5.82 Å². The molecule has 6 aromatic rings. The molecule has 0 fully saturated rings. The Kier molecular flexibility index (Phi) is 8.43. The fourth-order valence-electron chi connectivity index (χ4n) is 5.22. The summed E-state index contributed by atoms with van der Waals surface area (Å²) in [4.78, 5) is 4.08. The highest BCUT2D eigenvalue weighted by molar-refractivity contribution is 7.92. The molecule has 0 aliphatic heterocycles. The normalized spacial score (nSPS) is 11.9. The van der Waals surface area contributed by atoms with E-state index in [-0.39, 0.29) is 61.9 Å². The number of aromatic nitrogens is 2. The van der Waals surface area contributed by atoms with Crippen LogP contribution in [0.3, 0.4) is 0 Å². The Hall–Kier alpha value is -5.63. The second-order valence-corrected chi connectivity index (χ2v) is 12.4. The summed E-state index contributed by atoms with van der Waals surface area (Å²) >= 11 is 0. The minimum absolute atomic E-state index is 0.0168. The standard InChI is InChI=1S/C34H25F4N3O6S/c1-45-23-8-6-20(7-9-23)19-41(32-12-13-47-40-32)48(43,44)24-10-11-25-27(15-24)30(42)18-39-33(25)28-16-29(35)26(17-31(28)46-2)21-4-3-5-22(14-21)34(36,37)38/h3-18,42H,19H2,1-2H3. The van der Waals surface area contributed by atoms with Crippen molar-refractivity contribution in [3.05, 3.63) is 114 Å². The van der Waals surface area contributed by atoms with Crippen LogP contribution in [0.15, 0.2) is 107 Å². The average molecular weight is 680 g/mol. The molecule has 6 rings (SSSR count). The van der Waals surface area contributed by atoms with Crippen LogP contribution in [0.2, 0.25) is 0 Å². The molecule has 1 N–H and O–H groups in total. The van der Waals surface area contributed by atoms with Gasteiger partial charge >= 0.3 is 6.18 Å². The van der Waals surface area contributed by atoms with Gasteiger partial charge in [0.15, 0.2) is 5.82 Å². The van der Waals surface area contributed by atoms with Crippen LogP contribution in [0.4, 0.5) is 23.4 Å². The lowest BCUT2D eigenvalue weighted by Crippen LogP contribution is -2.30. The molecule has 0 spiro atoms. The van der Waals surface area contributed by atoms with Crippen LogP contribution in [0.1, 0.15) is 11.1 Å². The molecule has 4 aromatic carbocycles. The van der Waals surface area contributed by atoms with Gasteiger partial charge in [0, 0.05) is 28.0 Å². The van der Waals surface area contributed by atoms with Gasteiger partial charge in [-0.15, -0.1) is 0 Å². The molecule has 0 saturated carbocycles. The number of hydrogen-bond acceptors (Lipinski definition) is 8. The minimum Gasteiger partial charge on any atom is -0.506 e. The molecule has 0 atom stereocenters. The van der Waals surface area contributed by atoms with Crippen LogP contribution >= 0.6 is 0 Å². The van der Waals surface area contributed by atoms with Crippen LogP contribution in [0.5, 0.6) is 17.2 Å². The van der Waals surface area contributed by atoms with Crippen molar-refractivity contribution in [1.82, 2.24) is 10.1 Å². The van der Waals surface area contributed by atoms with Crippen molar-refractivity contribution < 1.29 is 45.1 Å². The number of rotatable bonds is 9. The van der Waals surface area contributed by atoms with Gasteiger partial charge in [0.25, 0.3) is 10.0 Å². The summed E-state index contributed by atoms with van der Waals surface area (Å²) in [6.45, 7) is -0.112. The Morgan fingerprint density at radius 1 is 0.896 bits per heavy atom. The molecule has 0 aliphatic carbocycles. The number of benzene rings is 4. The van der Waals surface area contributed by atoms with E-state index in [1.165, 1.54) is 62.9 Å². The number of hydrogen-bond donors (Lipinski definition) is 1. The highest BCUT2D eigenvalue weighted by atomic mass is 32.2. The number of halogens is 4. The van der Waals surface area contributed by atoms with Crippen molar-refractivity contribution in [2.45, 2.75) is 17.6 Å². The Morgan fingerprint density at radius 3 is 2.33 bits per heavy atom. The van der Waals surface area contributed by atoms with Gasteiger partial charge in [0.2, 0.25) is 0 Å². The fraction of sp³-hybridized carbons (Fsp3) is 0.118. The number of nitrogens with zero attached hydrogens (tertiary/aromatic N) is 3. The minimum atomic E-state index is -4.63. The topological polar surface area (TPSA) is 115 Å². The van der Waals surface area contributed by atoms with E-state index < -0.39 is 27.6 Å². The average Bonchev–Trinajstić information content (AvgIpc) is 3.62. The van der Waals surface area contributed by atoms with Crippen molar-refractivity contribution in [2.24, 2.45) is 0 Å². The second kappa shape index (κ2) is 12.5. The Balaban J connectivity index is 1.43. The quantitative estimate of drug-likeness (QED) is 0.154. The largest absolute Gasteiger partial charge is 0.506 e. The first-order chi connectivity index (χ1) is 22.9. The SMILES string of the molecule is COc1ccc(CN(c2ccon2)S(=O)(=O)c2ccc3c(-c4cc(F)c(-c5cccc(C(F)(F)F)c5)cc4OC)ncc(O)c3c2)cc1. The van der Waals surface area contributed by atoms with Gasteiger partial charge in [-0.3, -0.25) is 4.98 Å². The first kappa shape index (κ1) is 32.3. The van der Waals surface area contributed by atoms with Gasteiger partial charge in [0.1, 0.15) is 29.3 Å². The Morgan fingerprint density at radius 2 is 1.67 bits per heavy atom. The van der Waals surface area contributed by atoms with E-state index in [9.17, 15) is 26.7 Å². The maximum Gasteiger partial charge on any atom is 0.416 e. The molecular formula is C34H25F4N3O6S. The monoisotopic (exact) mass is 679 g/mol. The van der Waals surface area contributed by atoms with Gasteiger partial charge in [-0.2, -0.15) is 13.2 Å². The predicted molar refractivity (Wildman–Crippen MR) is 169 cm³/mol. The van der Waals surface area contributed by atoms with E-state index in [0.717, 1.165) is 28.7 Å². The highest BCUT2D eigenvalue weighted by Crippen LogP contribution is 2.41. The van der Waals surface area contributed by atoms with E-state index >= 15 is 4.39 Å². The smallest absolute Gasteiger partial charge is 0.416 e. The molecule has 0 aliphatic rings. The number of alkyl halides is 3. The molecule has 246 valence electrons. The first-order valence-electron chi connectivity index (χ1n) is 14.1. The van der Waals surface area contributed by atoms with Gasteiger partial charge in [-0.05, 0) is 59.7 Å². The lowest BCUT2D eigenvalue weighted by molar-refractivity contribution is -0.137. The van der Waals surface area contributed by atoms with Crippen LogP contribution in [0.25, 0.3) is 33.2 Å². The molecule has 0 saturated heterocycles. The van der Waals surface area contributed by atoms with E-state index in [1.807, 2.05) is 0 Å². The number of fused-ring (bicyclic) bond motifs is 1. The van der Waals surface area contributed by atoms with Crippen molar-refractivity contribution in [3.8, 4) is 39.6 Å². The van der Waals surface area contributed by atoms with Gasteiger partial charge in [0.05, 0.1) is 43.1 Å². The van der Waals surface area contributed by atoms with E-state index in [2.05, 4.69) is 10.1 Å². The second-order valence-electron chi connectivity index (χ2n) is 10.5. The maximum atomic E-state index is 15.6. The molecule has 0 unspecified atom stereocenters. The summed E-state index contributed by atoms with van der Waals surface area (Å²) < 4.78 is 100.